The van der Waals surface area contributed by atoms with Gasteiger partial charge in [-0.1, -0.05) is 0 Å². The Morgan fingerprint density at radius 3 is 2.69 bits per heavy atom. The van der Waals surface area contributed by atoms with Gasteiger partial charge in [-0.15, -0.1) is 13.2 Å². The number of halogens is 3. The highest BCUT2D eigenvalue weighted by Crippen LogP contribution is 2.33. The molecule has 29 heavy (non-hydrogen) atoms. The van der Waals surface area contributed by atoms with Crippen LogP contribution in [0.5, 0.6) is 0 Å². The molecule has 2 aliphatic heterocycles. The van der Waals surface area contributed by atoms with Crippen LogP contribution >= 0.6 is 11.8 Å². The lowest BCUT2D eigenvalue weighted by atomic mass is 10.1. The second-order valence-electron chi connectivity index (χ2n) is 6.88. The van der Waals surface area contributed by atoms with Crippen LogP contribution in [-0.2, 0) is 9.47 Å². The highest BCUT2D eigenvalue weighted by atomic mass is 32.2. The van der Waals surface area contributed by atoms with Crippen molar-refractivity contribution in [3.8, 4) is 0 Å². The largest absolute Gasteiger partial charge is 0.522 e. The van der Waals surface area contributed by atoms with E-state index < -0.39 is 37.5 Å². The average Bonchev–Trinajstić information content (AvgIpc) is 3.23. The number of rotatable bonds is 5. The molecular weight excluding hydrogens is 415 g/mol. The highest BCUT2D eigenvalue weighted by Gasteiger charge is 2.46. The van der Waals surface area contributed by atoms with Gasteiger partial charge in [-0.05, 0) is 24.3 Å². The first kappa shape index (κ1) is 20.6. The molecule has 0 radical (unpaired) electrons. The Hall–Kier alpha value is -1.67. The number of aliphatic hydroxyl groups excluding tert-OH is 2. The van der Waals surface area contributed by atoms with E-state index in [1.165, 1.54) is 17.2 Å². The van der Waals surface area contributed by atoms with E-state index in [0.717, 1.165) is 24.3 Å². The van der Waals surface area contributed by atoms with Crippen LogP contribution in [0.4, 0.5) is 19.0 Å². The molecular formula is C16H20F3N5O4S. The first-order valence-corrected chi connectivity index (χ1v) is 10.2. The summed E-state index contributed by atoms with van der Waals surface area (Å²) in [7, 11) is 0. The summed E-state index contributed by atoms with van der Waals surface area (Å²) in [6.45, 7) is -0.938. The fourth-order valence-electron chi connectivity index (χ4n) is 3.45. The van der Waals surface area contributed by atoms with E-state index in [1.54, 1.807) is 0 Å². The minimum Gasteiger partial charge on any atom is -0.387 e. The van der Waals surface area contributed by atoms with Crippen molar-refractivity contribution < 1.29 is 32.9 Å². The molecule has 2 aromatic rings. The van der Waals surface area contributed by atoms with Crippen LogP contribution in [0.3, 0.4) is 0 Å². The van der Waals surface area contributed by atoms with Crippen molar-refractivity contribution in [3.05, 3.63) is 12.7 Å². The third-order valence-electron chi connectivity index (χ3n) is 4.94. The lowest BCUT2D eigenvalue weighted by Crippen LogP contribution is -2.35. The van der Waals surface area contributed by atoms with Crippen molar-refractivity contribution in [2.24, 2.45) is 0 Å². The zero-order valence-electron chi connectivity index (χ0n) is 15.1. The molecule has 9 nitrogen and oxygen atoms in total. The third-order valence-corrected chi connectivity index (χ3v) is 5.99. The Bertz CT molecular complexity index is 848. The zero-order valence-corrected chi connectivity index (χ0v) is 15.9. The number of fused-ring (bicyclic) bond motifs is 1. The van der Waals surface area contributed by atoms with Gasteiger partial charge in [0.1, 0.15) is 24.6 Å². The predicted molar refractivity (Wildman–Crippen MR) is 97.2 cm³/mol. The highest BCUT2D eigenvalue weighted by molar-refractivity contribution is 7.99. The molecule has 0 aromatic carbocycles. The Morgan fingerprint density at radius 1 is 1.21 bits per heavy atom. The summed E-state index contributed by atoms with van der Waals surface area (Å²) in [6, 6.07) is 0.263. The van der Waals surface area contributed by atoms with E-state index >= 15 is 0 Å². The number of hydrogen-bond acceptors (Lipinski definition) is 9. The Balaban J connectivity index is 1.54. The molecule has 0 amide bonds. The molecule has 0 bridgehead atoms. The Labute approximate surface area is 167 Å². The van der Waals surface area contributed by atoms with Crippen molar-refractivity contribution >= 4 is 28.7 Å². The lowest BCUT2D eigenvalue weighted by molar-refractivity contribution is -0.333. The van der Waals surface area contributed by atoms with Crippen LogP contribution in [0.25, 0.3) is 11.2 Å². The van der Waals surface area contributed by atoms with Crippen LogP contribution in [0.15, 0.2) is 12.7 Å². The molecule has 0 saturated carbocycles. The van der Waals surface area contributed by atoms with E-state index in [4.69, 9.17) is 4.74 Å². The number of thioether (sulfide) groups is 1. The van der Waals surface area contributed by atoms with Gasteiger partial charge in [0.25, 0.3) is 0 Å². The van der Waals surface area contributed by atoms with E-state index in [0.29, 0.717) is 17.0 Å². The number of anilines is 1. The van der Waals surface area contributed by atoms with Gasteiger partial charge in [0.15, 0.2) is 23.2 Å². The second kappa shape index (κ2) is 8.22. The fourth-order valence-corrected chi connectivity index (χ4v) is 4.56. The van der Waals surface area contributed by atoms with Crippen molar-refractivity contribution in [1.29, 1.82) is 0 Å². The normalized spacial score (nSPS) is 28.9. The molecule has 3 N–H and O–H groups in total. The number of hydrogen-bond donors (Lipinski definition) is 3. The van der Waals surface area contributed by atoms with Crippen LogP contribution in [0.1, 0.15) is 19.1 Å². The first-order valence-electron chi connectivity index (χ1n) is 9.07. The van der Waals surface area contributed by atoms with Gasteiger partial charge in [-0.2, -0.15) is 11.8 Å². The van der Waals surface area contributed by atoms with Crippen molar-refractivity contribution in [2.75, 3.05) is 23.4 Å². The van der Waals surface area contributed by atoms with Crippen molar-refractivity contribution in [1.82, 2.24) is 19.5 Å². The second-order valence-corrected chi connectivity index (χ2v) is 8.11. The number of ether oxygens (including phenoxy) is 2. The topological polar surface area (TPSA) is 115 Å². The van der Waals surface area contributed by atoms with E-state index in [1.807, 2.05) is 11.8 Å². The number of nitrogens with one attached hydrogen (secondary N) is 1. The van der Waals surface area contributed by atoms with Crippen LogP contribution in [-0.4, -0.2) is 78.6 Å². The van der Waals surface area contributed by atoms with Crippen LogP contribution in [0.2, 0.25) is 0 Å². The van der Waals surface area contributed by atoms with E-state index in [2.05, 4.69) is 25.0 Å². The van der Waals surface area contributed by atoms with Gasteiger partial charge in [0, 0.05) is 6.04 Å². The summed E-state index contributed by atoms with van der Waals surface area (Å²) in [5.41, 5.74) is 0.785. The molecule has 2 saturated heterocycles. The average molecular weight is 435 g/mol. The maximum absolute atomic E-state index is 12.3. The van der Waals surface area contributed by atoms with Gasteiger partial charge in [0.2, 0.25) is 0 Å². The number of aromatic nitrogens is 4. The molecule has 0 spiro atoms. The number of imidazole rings is 1. The minimum atomic E-state index is -4.86. The van der Waals surface area contributed by atoms with Gasteiger partial charge < -0.3 is 20.3 Å². The van der Waals surface area contributed by atoms with Crippen molar-refractivity contribution in [3.63, 3.8) is 0 Å². The third kappa shape index (κ3) is 4.43. The molecule has 2 fully saturated rings. The zero-order chi connectivity index (χ0) is 20.6. The molecule has 4 heterocycles. The SMILES string of the molecule is O[C@@H]1[C@H](O)[C@@H](COC(F)(F)F)O[C@H]1n1cnc2c(NC3CCSCC3)ncnc21. The monoisotopic (exact) mass is 435 g/mol. The molecule has 0 aliphatic carbocycles. The molecule has 4 atom stereocenters. The number of alkyl halides is 3. The summed E-state index contributed by atoms with van der Waals surface area (Å²) in [5.74, 6) is 2.65. The summed E-state index contributed by atoms with van der Waals surface area (Å²) >= 11 is 1.90. The van der Waals surface area contributed by atoms with Gasteiger partial charge >= 0.3 is 6.36 Å². The minimum absolute atomic E-state index is 0.263. The molecule has 13 heteroatoms. The fraction of sp³-hybridized carbons (Fsp3) is 0.688. The standard InChI is InChI=1S/C16H20F3N5O4S/c17-16(18,19)27-5-9-11(25)12(26)15(28-9)24-7-22-10-13(20-6-21-14(10)24)23-8-1-3-29-4-2-8/h6-9,11-12,15,25-26H,1-5H2,(H,20,21,23)/t9-,11-,12-,15-/m1/s1. The van der Waals surface area contributed by atoms with E-state index in [9.17, 15) is 23.4 Å². The molecule has 4 rings (SSSR count). The lowest BCUT2D eigenvalue weighted by Gasteiger charge is -2.23. The Morgan fingerprint density at radius 2 is 1.97 bits per heavy atom. The molecule has 2 aromatic heterocycles. The van der Waals surface area contributed by atoms with Gasteiger partial charge in [-0.25, -0.2) is 15.0 Å². The van der Waals surface area contributed by atoms with E-state index in [-0.39, 0.29) is 6.04 Å². The van der Waals surface area contributed by atoms with Gasteiger partial charge in [-0.3, -0.25) is 9.30 Å². The Kier molecular flexibility index (Phi) is 5.84. The summed E-state index contributed by atoms with van der Waals surface area (Å²) in [4.78, 5) is 12.7. The smallest absolute Gasteiger partial charge is 0.387 e. The quantitative estimate of drug-likeness (QED) is 0.639. The number of nitrogens with zero attached hydrogens (tertiary/aromatic N) is 4. The van der Waals surface area contributed by atoms with Crippen LogP contribution < -0.4 is 5.32 Å². The number of aliphatic hydroxyl groups is 2. The first-order chi connectivity index (χ1) is 13.8. The van der Waals surface area contributed by atoms with Gasteiger partial charge in [0.05, 0.1) is 12.9 Å². The summed E-state index contributed by atoms with van der Waals surface area (Å²) in [5, 5.41) is 23.7. The molecule has 0 unspecified atom stereocenters. The van der Waals surface area contributed by atoms with Crippen molar-refractivity contribution in [2.45, 2.75) is 49.8 Å². The molecule has 160 valence electrons. The van der Waals surface area contributed by atoms with Crippen LogP contribution in [0, 0.1) is 0 Å². The summed E-state index contributed by atoms with van der Waals surface area (Å²) in [6.07, 6.45) is -5.73. The maximum atomic E-state index is 12.3. The predicted octanol–water partition coefficient (Wildman–Crippen LogP) is 1.29. The summed E-state index contributed by atoms with van der Waals surface area (Å²) < 4.78 is 47.4. The maximum Gasteiger partial charge on any atom is 0.522 e. The molecule has 2 aliphatic rings.